The summed E-state index contributed by atoms with van der Waals surface area (Å²) >= 11 is 6.04. The Kier molecular flexibility index (Phi) is 5.07. The van der Waals surface area contributed by atoms with Crippen molar-refractivity contribution >= 4 is 34.6 Å². The maximum absolute atomic E-state index is 6.13. The molecule has 3 heterocycles. The molecule has 0 atom stereocenters. The fraction of sp³-hybridized carbons (Fsp3) is 0.200. The largest absolute Gasteiger partial charge is 0.393 e. The Balaban J connectivity index is 1.61. The van der Waals surface area contributed by atoms with Crippen LogP contribution in [0.3, 0.4) is 0 Å². The summed E-state index contributed by atoms with van der Waals surface area (Å²) in [5, 5.41) is 6.64. The summed E-state index contributed by atoms with van der Waals surface area (Å²) in [6.07, 6.45) is 9.46. The lowest BCUT2D eigenvalue weighted by atomic mass is 10.3. The summed E-state index contributed by atoms with van der Waals surface area (Å²) in [5.74, 6) is 1.06. The number of nitrogens with one attached hydrogen (secondary N) is 2. The summed E-state index contributed by atoms with van der Waals surface area (Å²) in [7, 11) is 0. The standard InChI is InChI=1S/C15H17ClN8/c16-13-11(3-1-4-19-13)23-15-12(17)14(21-9-22-15)20-5-2-7-24-8-6-18-10-24/h1,3-4,6,8-10H,2,5,7,17H2,(H2,20,21,22,23). The van der Waals surface area contributed by atoms with E-state index in [-0.39, 0.29) is 0 Å². The molecule has 0 unspecified atom stereocenters. The van der Waals surface area contributed by atoms with Crippen LogP contribution in [0.25, 0.3) is 0 Å². The van der Waals surface area contributed by atoms with Gasteiger partial charge in [0, 0.05) is 31.7 Å². The Bertz CT molecular complexity index is 790. The second-order valence-electron chi connectivity index (χ2n) is 5.03. The van der Waals surface area contributed by atoms with Gasteiger partial charge in [-0.15, -0.1) is 0 Å². The molecule has 0 aromatic carbocycles. The number of pyridine rings is 1. The molecule has 0 fully saturated rings. The lowest BCUT2D eigenvalue weighted by Crippen LogP contribution is -2.11. The first-order chi connectivity index (χ1) is 11.7. The maximum atomic E-state index is 6.13. The number of rotatable bonds is 7. The van der Waals surface area contributed by atoms with E-state index in [0.717, 1.165) is 19.5 Å². The third-order valence-electron chi connectivity index (χ3n) is 3.34. The summed E-state index contributed by atoms with van der Waals surface area (Å²) in [5.41, 5.74) is 7.19. The summed E-state index contributed by atoms with van der Waals surface area (Å²) in [6, 6.07) is 3.58. The van der Waals surface area contributed by atoms with Gasteiger partial charge < -0.3 is 20.9 Å². The van der Waals surface area contributed by atoms with Gasteiger partial charge in [0.2, 0.25) is 0 Å². The Morgan fingerprint density at radius 3 is 2.83 bits per heavy atom. The van der Waals surface area contributed by atoms with E-state index >= 15 is 0 Å². The zero-order valence-corrected chi connectivity index (χ0v) is 13.6. The Morgan fingerprint density at radius 2 is 2.04 bits per heavy atom. The molecule has 9 heteroatoms. The van der Waals surface area contributed by atoms with Crippen molar-refractivity contribution < 1.29 is 0 Å². The van der Waals surface area contributed by atoms with Gasteiger partial charge in [-0.2, -0.15) is 0 Å². The van der Waals surface area contributed by atoms with Gasteiger partial charge in [0.1, 0.15) is 12.0 Å². The van der Waals surface area contributed by atoms with Crippen molar-refractivity contribution in [2.75, 3.05) is 22.9 Å². The molecule has 124 valence electrons. The average Bonchev–Trinajstić information content (AvgIpc) is 3.10. The van der Waals surface area contributed by atoms with Crippen LogP contribution in [-0.2, 0) is 6.54 Å². The second-order valence-corrected chi connectivity index (χ2v) is 5.39. The van der Waals surface area contributed by atoms with Crippen molar-refractivity contribution in [1.82, 2.24) is 24.5 Å². The third kappa shape index (κ3) is 3.90. The fourth-order valence-corrected chi connectivity index (χ4v) is 2.30. The van der Waals surface area contributed by atoms with Crippen LogP contribution >= 0.6 is 11.6 Å². The van der Waals surface area contributed by atoms with Gasteiger partial charge in [0.15, 0.2) is 16.8 Å². The van der Waals surface area contributed by atoms with Gasteiger partial charge >= 0.3 is 0 Å². The summed E-state index contributed by atoms with van der Waals surface area (Å²) in [6.45, 7) is 1.60. The molecule has 0 aliphatic carbocycles. The van der Waals surface area contributed by atoms with Crippen molar-refractivity contribution in [2.24, 2.45) is 0 Å². The van der Waals surface area contributed by atoms with E-state index < -0.39 is 0 Å². The highest BCUT2D eigenvalue weighted by molar-refractivity contribution is 6.32. The quantitative estimate of drug-likeness (QED) is 0.446. The van der Waals surface area contributed by atoms with E-state index in [4.69, 9.17) is 17.3 Å². The monoisotopic (exact) mass is 344 g/mol. The number of nitrogen functional groups attached to an aromatic ring is 1. The molecule has 24 heavy (non-hydrogen) atoms. The summed E-state index contributed by atoms with van der Waals surface area (Å²) in [4.78, 5) is 16.4. The topological polar surface area (TPSA) is 107 Å². The van der Waals surface area contributed by atoms with Crippen LogP contribution in [0, 0.1) is 0 Å². The molecule has 0 spiro atoms. The molecule has 3 aromatic heterocycles. The molecule has 0 radical (unpaired) electrons. The molecule has 0 aliphatic rings. The van der Waals surface area contributed by atoms with Gasteiger partial charge in [-0.1, -0.05) is 11.6 Å². The smallest absolute Gasteiger partial charge is 0.159 e. The first kappa shape index (κ1) is 16.0. The molecular weight excluding hydrogens is 328 g/mol. The number of halogens is 1. The highest BCUT2D eigenvalue weighted by Gasteiger charge is 2.09. The minimum Gasteiger partial charge on any atom is -0.393 e. The van der Waals surface area contributed by atoms with Crippen molar-refractivity contribution in [3.63, 3.8) is 0 Å². The van der Waals surface area contributed by atoms with Gasteiger partial charge in [-0.05, 0) is 18.6 Å². The van der Waals surface area contributed by atoms with Gasteiger partial charge in [0.25, 0.3) is 0 Å². The number of nitrogens with zero attached hydrogens (tertiary/aromatic N) is 5. The van der Waals surface area contributed by atoms with Crippen LogP contribution in [0.15, 0.2) is 43.4 Å². The van der Waals surface area contributed by atoms with E-state index in [1.54, 1.807) is 30.9 Å². The van der Waals surface area contributed by atoms with Crippen LogP contribution < -0.4 is 16.4 Å². The van der Waals surface area contributed by atoms with Crippen LogP contribution in [-0.4, -0.2) is 31.0 Å². The predicted octanol–water partition coefficient (Wildman–Crippen LogP) is 2.55. The van der Waals surface area contributed by atoms with Gasteiger partial charge in [0.05, 0.1) is 12.0 Å². The Hall–Kier alpha value is -2.87. The number of aromatic nitrogens is 5. The predicted molar refractivity (Wildman–Crippen MR) is 94.3 cm³/mol. The fourth-order valence-electron chi connectivity index (χ4n) is 2.13. The van der Waals surface area contributed by atoms with E-state index in [2.05, 4.69) is 30.6 Å². The molecular formula is C15H17ClN8. The van der Waals surface area contributed by atoms with E-state index in [0.29, 0.717) is 28.2 Å². The first-order valence-electron chi connectivity index (χ1n) is 7.41. The van der Waals surface area contributed by atoms with Crippen molar-refractivity contribution in [2.45, 2.75) is 13.0 Å². The highest BCUT2D eigenvalue weighted by Crippen LogP contribution is 2.28. The van der Waals surface area contributed by atoms with Crippen LogP contribution in [0.5, 0.6) is 0 Å². The lowest BCUT2D eigenvalue weighted by molar-refractivity contribution is 0.660. The first-order valence-corrected chi connectivity index (χ1v) is 7.79. The average molecular weight is 345 g/mol. The SMILES string of the molecule is Nc1c(NCCCn2ccnc2)ncnc1Nc1cccnc1Cl. The number of hydrogen-bond acceptors (Lipinski definition) is 7. The molecule has 0 aliphatic heterocycles. The van der Waals surface area contributed by atoms with E-state index in [1.165, 1.54) is 6.33 Å². The highest BCUT2D eigenvalue weighted by atomic mass is 35.5. The number of nitrogens with two attached hydrogens (primary N) is 1. The van der Waals surface area contributed by atoms with Gasteiger partial charge in [-0.25, -0.2) is 19.9 Å². The molecule has 0 saturated carbocycles. The van der Waals surface area contributed by atoms with E-state index in [9.17, 15) is 0 Å². The molecule has 4 N–H and O–H groups in total. The molecule has 0 bridgehead atoms. The molecule has 3 aromatic rings. The molecule has 8 nitrogen and oxygen atoms in total. The number of anilines is 4. The minimum absolute atomic E-state index is 0.352. The van der Waals surface area contributed by atoms with Crippen LogP contribution in [0.1, 0.15) is 6.42 Å². The minimum atomic E-state index is 0.352. The molecule has 0 amide bonds. The Labute approximate surface area is 144 Å². The number of imidazole rings is 1. The van der Waals surface area contributed by atoms with Crippen LogP contribution in [0.2, 0.25) is 5.15 Å². The number of aryl methyl sites for hydroxylation is 1. The Morgan fingerprint density at radius 1 is 1.17 bits per heavy atom. The van der Waals surface area contributed by atoms with Crippen molar-refractivity contribution in [1.29, 1.82) is 0 Å². The van der Waals surface area contributed by atoms with E-state index in [1.807, 2.05) is 10.8 Å². The van der Waals surface area contributed by atoms with Gasteiger partial charge in [-0.3, -0.25) is 0 Å². The zero-order valence-electron chi connectivity index (χ0n) is 12.9. The van der Waals surface area contributed by atoms with Crippen LogP contribution in [0.4, 0.5) is 23.0 Å². The summed E-state index contributed by atoms with van der Waals surface area (Å²) < 4.78 is 2.02. The molecule has 3 rings (SSSR count). The zero-order chi connectivity index (χ0) is 16.8. The maximum Gasteiger partial charge on any atom is 0.159 e. The lowest BCUT2D eigenvalue weighted by Gasteiger charge is -2.13. The molecule has 0 saturated heterocycles. The van der Waals surface area contributed by atoms with Crippen molar-refractivity contribution in [3.8, 4) is 0 Å². The number of hydrogen-bond donors (Lipinski definition) is 3. The third-order valence-corrected chi connectivity index (χ3v) is 3.64. The second kappa shape index (κ2) is 7.60. The normalized spacial score (nSPS) is 10.5. The van der Waals surface area contributed by atoms with Crippen molar-refractivity contribution in [3.05, 3.63) is 48.5 Å².